The normalized spacial score (nSPS) is 11.2. The predicted octanol–water partition coefficient (Wildman–Crippen LogP) is 3.02. The highest BCUT2D eigenvalue weighted by molar-refractivity contribution is 7.18. The smallest absolute Gasteiger partial charge is 0.312 e. The van der Waals surface area contributed by atoms with Crippen molar-refractivity contribution >= 4 is 38.9 Å². The van der Waals surface area contributed by atoms with Crippen LogP contribution < -0.4 is 0 Å². The number of thiazole rings is 2. The predicted molar refractivity (Wildman–Crippen MR) is 89.2 cm³/mol. The van der Waals surface area contributed by atoms with Crippen LogP contribution in [-0.4, -0.2) is 31.2 Å². The molecular weight excluding hydrogens is 348 g/mol. The van der Waals surface area contributed by atoms with Crippen LogP contribution in [0.2, 0.25) is 0 Å². The second-order valence-electron chi connectivity index (χ2n) is 4.99. The Morgan fingerprint density at radius 2 is 2.12 bits per heavy atom. The third kappa shape index (κ3) is 3.03. The molecule has 4 aromatic rings. The number of carbonyl (C=O) groups is 1. The van der Waals surface area contributed by atoms with E-state index in [2.05, 4.69) is 26.2 Å². The molecule has 24 heavy (non-hydrogen) atoms. The van der Waals surface area contributed by atoms with E-state index in [-0.39, 0.29) is 12.3 Å². The monoisotopic (exact) mass is 358 g/mol. The van der Waals surface area contributed by atoms with E-state index in [1.165, 1.54) is 0 Å². The second-order valence-corrected chi connectivity index (χ2v) is 6.99. The third-order valence-corrected chi connectivity index (χ3v) is 5.10. The second kappa shape index (κ2) is 6.10. The molecule has 0 aliphatic rings. The molecule has 7 nitrogen and oxygen atoms in total. The van der Waals surface area contributed by atoms with Crippen LogP contribution in [0.25, 0.3) is 20.7 Å². The molecule has 0 amide bonds. The van der Waals surface area contributed by atoms with Gasteiger partial charge in [-0.1, -0.05) is 6.07 Å². The maximum absolute atomic E-state index is 10.6. The fraction of sp³-hybridized carbons (Fsp3) is 0.133. The number of rotatable bonds is 5. The van der Waals surface area contributed by atoms with Crippen LogP contribution in [-0.2, 0) is 17.6 Å². The van der Waals surface area contributed by atoms with Gasteiger partial charge in [-0.3, -0.25) is 9.78 Å². The summed E-state index contributed by atoms with van der Waals surface area (Å²) in [4.78, 5) is 20.4. The van der Waals surface area contributed by atoms with E-state index in [4.69, 9.17) is 9.52 Å². The molecule has 0 atom stereocenters. The molecule has 3 aromatic heterocycles. The van der Waals surface area contributed by atoms with Gasteiger partial charge in [-0.25, -0.2) is 4.98 Å². The summed E-state index contributed by atoms with van der Waals surface area (Å²) in [6.07, 6.45) is 1.96. The maximum Gasteiger partial charge on any atom is 0.312 e. The Bertz CT molecular complexity index is 1010. The van der Waals surface area contributed by atoms with Crippen molar-refractivity contribution in [2.45, 2.75) is 12.8 Å². The number of carboxylic acid groups (broad SMARTS) is 1. The Hall–Kier alpha value is -2.65. The number of benzene rings is 1. The van der Waals surface area contributed by atoms with Crippen LogP contribution in [0.3, 0.4) is 0 Å². The van der Waals surface area contributed by atoms with Gasteiger partial charge in [-0.05, 0) is 17.7 Å². The SMILES string of the molecule is O=C(O)Cc1nnc(Cc2nc3ccc(-c4cncs4)cc3s2)o1. The summed E-state index contributed by atoms with van der Waals surface area (Å²) in [7, 11) is 0. The average Bonchev–Trinajstić information content (AvgIpc) is 3.26. The van der Waals surface area contributed by atoms with Crippen molar-refractivity contribution in [3.8, 4) is 10.4 Å². The first kappa shape index (κ1) is 14.9. The lowest BCUT2D eigenvalue weighted by Gasteiger charge is -1.95. The molecule has 4 rings (SSSR count). The first-order chi connectivity index (χ1) is 11.7. The van der Waals surface area contributed by atoms with Crippen LogP contribution in [0.4, 0.5) is 0 Å². The third-order valence-electron chi connectivity index (χ3n) is 3.26. The van der Waals surface area contributed by atoms with Crippen LogP contribution in [0.15, 0.2) is 34.3 Å². The van der Waals surface area contributed by atoms with Gasteiger partial charge in [0, 0.05) is 6.20 Å². The zero-order valence-corrected chi connectivity index (χ0v) is 13.8. The Kier molecular flexibility index (Phi) is 3.79. The largest absolute Gasteiger partial charge is 0.481 e. The van der Waals surface area contributed by atoms with Gasteiger partial charge >= 0.3 is 5.97 Å². The van der Waals surface area contributed by atoms with Crippen molar-refractivity contribution in [2.75, 3.05) is 0 Å². The van der Waals surface area contributed by atoms with Gasteiger partial charge in [0.2, 0.25) is 11.8 Å². The zero-order chi connectivity index (χ0) is 16.5. The molecule has 120 valence electrons. The van der Waals surface area contributed by atoms with Crippen molar-refractivity contribution in [1.82, 2.24) is 20.2 Å². The maximum atomic E-state index is 10.6. The van der Waals surface area contributed by atoms with E-state index >= 15 is 0 Å². The zero-order valence-electron chi connectivity index (χ0n) is 12.2. The van der Waals surface area contributed by atoms with Gasteiger partial charge in [-0.2, -0.15) is 0 Å². The number of aliphatic carboxylic acids is 1. The molecule has 0 spiro atoms. The van der Waals surface area contributed by atoms with Crippen molar-refractivity contribution in [1.29, 1.82) is 0 Å². The minimum absolute atomic E-state index is 0.103. The summed E-state index contributed by atoms with van der Waals surface area (Å²) in [6.45, 7) is 0. The topological polar surface area (TPSA) is 102 Å². The van der Waals surface area contributed by atoms with Gasteiger partial charge in [0.05, 0.1) is 27.0 Å². The highest BCUT2D eigenvalue weighted by atomic mass is 32.1. The molecule has 0 unspecified atom stereocenters. The minimum atomic E-state index is -0.999. The molecule has 9 heteroatoms. The molecule has 0 bridgehead atoms. The van der Waals surface area contributed by atoms with E-state index in [0.717, 1.165) is 25.7 Å². The van der Waals surface area contributed by atoms with Crippen LogP contribution in [0.5, 0.6) is 0 Å². The van der Waals surface area contributed by atoms with Gasteiger partial charge in [0.1, 0.15) is 11.4 Å². The number of carboxylic acids is 1. The molecule has 0 aliphatic heterocycles. The highest BCUT2D eigenvalue weighted by Crippen LogP contribution is 2.30. The lowest BCUT2D eigenvalue weighted by atomic mass is 10.2. The van der Waals surface area contributed by atoms with E-state index < -0.39 is 5.97 Å². The van der Waals surface area contributed by atoms with Crippen molar-refractivity contribution in [3.63, 3.8) is 0 Å². The molecule has 0 saturated heterocycles. The summed E-state index contributed by atoms with van der Waals surface area (Å²) < 4.78 is 6.40. The molecular formula is C15H10N4O3S2. The summed E-state index contributed by atoms with van der Waals surface area (Å²) in [5.74, 6) is -0.528. The molecule has 0 radical (unpaired) electrons. The summed E-state index contributed by atoms with van der Waals surface area (Å²) in [6, 6.07) is 6.10. The highest BCUT2D eigenvalue weighted by Gasteiger charge is 2.13. The lowest BCUT2D eigenvalue weighted by molar-refractivity contribution is -0.136. The van der Waals surface area contributed by atoms with E-state index in [1.807, 2.05) is 23.8 Å². The molecule has 0 fully saturated rings. The first-order valence-corrected chi connectivity index (χ1v) is 8.68. The summed E-state index contributed by atoms with van der Waals surface area (Å²) >= 11 is 3.15. The van der Waals surface area contributed by atoms with Gasteiger partial charge < -0.3 is 9.52 Å². The molecule has 3 heterocycles. The van der Waals surface area contributed by atoms with Crippen molar-refractivity contribution < 1.29 is 14.3 Å². The van der Waals surface area contributed by atoms with Crippen molar-refractivity contribution in [3.05, 3.63) is 46.7 Å². The van der Waals surface area contributed by atoms with Crippen LogP contribution in [0, 0.1) is 0 Å². The Morgan fingerprint density at radius 1 is 1.25 bits per heavy atom. The quantitative estimate of drug-likeness (QED) is 0.585. The fourth-order valence-electron chi connectivity index (χ4n) is 2.25. The number of hydrogen-bond acceptors (Lipinski definition) is 8. The number of hydrogen-bond donors (Lipinski definition) is 1. The number of fused-ring (bicyclic) bond motifs is 1. The van der Waals surface area contributed by atoms with E-state index in [9.17, 15) is 4.79 Å². The molecule has 0 saturated carbocycles. The Morgan fingerprint density at radius 3 is 2.92 bits per heavy atom. The van der Waals surface area contributed by atoms with Crippen LogP contribution >= 0.6 is 22.7 Å². The number of nitrogens with zero attached hydrogens (tertiary/aromatic N) is 4. The number of aromatic nitrogens is 4. The summed E-state index contributed by atoms with van der Waals surface area (Å²) in [5.41, 5.74) is 3.83. The Labute approximate surface area is 143 Å². The lowest BCUT2D eigenvalue weighted by Crippen LogP contribution is -1.99. The van der Waals surface area contributed by atoms with Crippen molar-refractivity contribution in [2.24, 2.45) is 0 Å². The molecule has 1 aromatic carbocycles. The van der Waals surface area contributed by atoms with E-state index in [0.29, 0.717) is 12.3 Å². The molecule has 1 N–H and O–H groups in total. The Balaban J connectivity index is 1.58. The first-order valence-electron chi connectivity index (χ1n) is 6.99. The van der Waals surface area contributed by atoms with E-state index in [1.54, 1.807) is 22.7 Å². The standard InChI is InChI=1S/C15H10N4O3S2/c20-15(21)5-13-19-18-12(22-13)4-14-17-9-2-1-8(3-10(9)24-14)11-6-16-7-23-11/h1-3,6-7H,4-5H2,(H,20,21). The summed E-state index contributed by atoms with van der Waals surface area (Å²) in [5, 5.41) is 17.2. The van der Waals surface area contributed by atoms with Crippen LogP contribution in [0.1, 0.15) is 16.8 Å². The average molecular weight is 358 g/mol. The van der Waals surface area contributed by atoms with Gasteiger partial charge in [0.15, 0.2) is 0 Å². The minimum Gasteiger partial charge on any atom is -0.481 e. The fourth-order valence-corrected chi connectivity index (χ4v) is 3.87. The van der Waals surface area contributed by atoms with Gasteiger partial charge in [0.25, 0.3) is 0 Å². The van der Waals surface area contributed by atoms with Gasteiger partial charge in [-0.15, -0.1) is 32.9 Å². The molecule has 0 aliphatic carbocycles.